The van der Waals surface area contributed by atoms with Gasteiger partial charge in [0.2, 0.25) is 11.8 Å². The van der Waals surface area contributed by atoms with Gasteiger partial charge >= 0.3 is 0 Å². The van der Waals surface area contributed by atoms with E-state index in [4.69, 9.17) is 0 Å². The zero-order valence-electron chi connectivity index (χ0n) is 18.7. The molecule has 0 fully saturated rings. The first-order valence-electron chi connectivity index (χ1n) is 11.4. The van der Waals surface area contributed by atoms with Gasteiger partial charge in [-0.05, 0) is 54.7 Å². The molecule has 1 aromatic heterocycles. The minimum absolute atomic E-state index is 0.00488. The predicted octanol–water partition coefficient (Wildman–Crippen LogP) is 5.94. The Bertz CT molecular complexity index is 1320. The highest BCUT2D eigenvalue weighted by Gasteiger charge is 2.22. The van der Waals surface area contributed by atoms with Crippen LogP contribution in [0, 0.1) is 0 Å². The van der Waals surface area contributed by atoms with Crippen molar-refractivity contribution in [3.8, 4) is 0 Å². The molecule has 172 valence electrons. The average Bonchev–Trinajstić information content (AvgIpc) is 3.28. The summed E-state index contributed by atoms with van der Waals surface area (Å²) in [5.41, 5.74) is 5.08. The molecule has 0 saturated heterocycles. The third-order valence-electron chi connectivity index (χ3n) is 5.87. The molecule has 2 heterocycles. The molecular weight excluding hydrogens is 462 g/mol. The maximum absolute atomic E-state index is 12.9. The van der Waals surface area contributed by atoms with E-state index in [-0.39, 0.29) is 11.8 Å². The highest BCUT2D eigenvalue weighted by Crippen LogP contribution is 2.33. The minimum Gasteiger partial charge on any atom is -0.326 e. The summed E-state index contributed by atoms with van der Waals surface area (Å²) < 4.78 is 1.86. The van der Waals surface area contributed by atoms with E-state index in [9.17, 15) is 9.59 Å². The molecule has 34 heavy (non-hydrogen) atoms. The lowest BCUT2D eigenvalue weighted by Gasteiger charge is -2.29. The Labute approximate surface area is 207 Å². The van der Waals surface area contributed by atoms with Crippen LogP contribution in [0.25, 0.3) is 10.2 Å². The van der Waals surface area contributed by atoms with Crippen LogP contribution in [0.15, 0.2) is 77.1 Å². The Balaban J connectivity index is 1.19. The fourth-order valence-corrected chi connectivity index (χ4v) is 6.15. The molecular formula is C27H25N3O2S2. The summed E-state index contributed by atoms with van der Waals surface area (Å²) in [6, 6.07) is 23.9. The SMILES string of the molecule is O=C(CCc1ccccc1)Nc1ccc2nc(SCC(=O)N3CCCc4ccccc43)sc2c1. The molecule has 5 nitrogen and oxygen atoms in total. The topological polar surface area (TPSA) is 62.3 Å². The van der Waals surface area contributed by atoms with Crippen molar-refractivity contribution >= 4 is 56.5 Å². The van der Waals surface area contributed by atoms with Crippen LogP contribution in [-0.4, -0.2) is 29.1 Å². The Hall–Kier alpha value is -3.16. The first-order valence-corrected chi connectivity index (χ1v) is 13.2. The molecule has 0 saturated carbocycles. The van der Waals surface area contributed by atoms with E-state index in [2.05, 4.69) is 16.4 Å². The number of benzene rings is 3. The van der Waals surface area contributed by atoms with Gasteiger partial charge < -0.3 is 10.2 Å². The number of hydrogen-bond donors (Lipinski definition) is 1. The highest BCUT2D eigenvalue weighted by atomic mass is 32.2. The van der Waals surface area contributed by atoms with Crippen LogP contribution in [0.4, 0.5) is 11.4 Å². The second-order valence-electron chi connectivity index (χ2n) is 8.26. The number of nitrogens with zero attached hydrogens (tertiary/aromatic N) is 2. The number of amides is 2. The van der Waals surface area contributed by atoms with Gasteiger partial charge in [0.15, 0.2) is 4.34 Å². The molecule has 0 atom stereocenters. The van der Waals surface area contributed by atoms with E-state index in [0.717, 1.165) is 50.9 Å². The lowest BCUT2D eigenvalue weighted by molar-refractivity contribution is -0.117. The van der Waals surface area contributed by atoms with Crippen molar-refractivity contribution in [1.29, 1.82) is 0 Å². The summed E-state index contributed by atoms with van der Waals surface area (Å²) in [5, 5.41) is 2.99. The van der Waals surface area contributed by atoms with Gasteiger partial charge in [0.05, 0.1) is 16.0 Å². The third kappa shape index (κ3) is 5.32. The number of thiazole rings is 1. The zero-order valence-corrected chi connectivity index (χ0v) is 20.3. The van der Waals surface area contributed by atoms with E-state index < -0.39 is 0 Å². The van der Waals surface area contributed by atoms with Gasteiger partial charge in [0.25, 0.3) is 0 Å². The van der Waals surface area contributed by atoms with Gasteiger partial charge in [-0.2, -0.15) is 0 Å². The molecule has 2 amide bonds. The summed E-state index contributed by atoms with van der Waals surface area (Å²) in [7, 11) is 0. The van der Waals surface area contributed by atoms with Gasteiger partial charge in [-0.25, -0.2) is 4.98 Å². The maximum Gasteiger partial charge on any atom is 0.237 e. The second-order valence-corrected chi connectivity index (χ2v) is 10.5. The lowest BCUT2D eigenvalue weighted by Crippen LogP contribution is -2.36. The number of rotatable bonds is 7. The quantitative estimate of drug-likeness (QED) is 0.328. The van der Waals surface area contributed by atoms with Crippen molar-refractivity contribution < 1.29 is 9.59 Å². The molecule has 0 spiro atoms. The van der Waals surface area contributed by atoms with Crippen molar-refractivity contribution in [3.63, 3.8) is 0 Å². The minimum atomic E-state index is -0.00488. The Kier molecular flexibility index (Phi) is 6.92. The second kappa shape index (κ2) is 10.4. The standard InChI is InChI=1S/C27H25N3O2S2/c31-25(15-12-19-7-2-1-3-8-19)28-21-13-14-22-24(17-21)34-27(29-22)33-18-26(32)30-16-6-10-20-9-4-5-11-23(20)30/h1-5,7-9,11,13-14,17H,6,10,12,15-16,18H2,(H,28,31). The molecule has 5 rings (SSSR count). The number of aromatic nitrogens is 1. The van der Waals surface area contributed by atoms with Crippen LogP contribution in [0.1, 0.15) is 24.0 Å². The van der Waals surface area contributed by atoms with Crippen LogP contribution in [0.3, 0.4) is 0 Å². The van der Waals surface area contributed by atoms with Crippen molar-refractivity contribution in [3.05, 3.63) is 83.9 Å². The number of thioether (sulfide) groups is 1. The Morgan fingerprint density at radius 3 is 2.74 bits per heavy atom. The summed E-state index contributed by atoms with van der Waals surface area (Å²) in [6.07, 6.45) is 3.17. The van der Waals surface area contributed by atoms with Crippen LogP contribution in [-0.2, 0) is 22.4 Å². The van der Waals surface area contributed by atoms with Gasteiger partial charge in [-0.3, -0.25) is 9.59 Å². The molecule has 3 aromatic carbocycles. The van der Waals surface area contributed by atoms with Gasteiger partial charge in [0.1, 0.15) is 0 Å². The average molecular weight is 488 g/mol. The molecule has 1 N–H and O–H groups in total. The molecule has 7 heteroatoms. The number of carbonyl (C=O) groups is 2. The fourth-order valence-electron chi connectivity index (χ4n) is 4.16. The number of fused-ring (bicyclic) bond motifs is 2. The van der Waals surface area contributed by atoms with E-state index in [0.29, 0.717) is 18.6 Å². The van der Waals surface area contributed by atoms with Crippen LogP contribution >= 0.6 is 23.1 Å². The lowest BCUT2D eigenvalue weighted by atomic mass is 10.0. The molecule has 1 aliphatic heterocycles. The number of hydrogen-bond acceptors (Lipinski definition) is 5. The normalized spacial score (nSPS) is 13.0. The van der Waals surface area contributed by atoms with Gasteiger partial charge in [-0.1, -0.05) is 60.3 Å². The van der Waals surface area contributed by atoms with E-state index in [1.807, 2.05) is 71.6 Å². The molecule has 4 aromatic rings. The van der Waals surface area contributed by atoms with Crippen molar-refractivity contribution in [2.24, 2.45) is 0 Å². The third-order valence-corrected chi connectivity index (χ3v) is 8.01. The van der Waals surface area contributed by atoms with Crippen molar-refractivity contribution in [2.45, 2.75) is 30.0 Å². The Morgan fingerprint density at radius 1 is 1.03 bits per heavy atom. The first kappa shape index (κ1) is 22.6. The largest absolute Gasteiger partial charge is 0.326 e. The molecule has 0 radical (unpaired) electrons. The smallest absolute Gasteiger partial charge is 0.237 e. The summed E-state index contributed by atoms with van der Waals surface area (Å²) >= 11 is 3.03. The van der Waals surface area contributed by atoms with E-state index in [1.165, 1.54) is 17.3 Å². The fraction of sp³-hybridized carbons (Fsp3) is 0.222. The number of nitrogens with one attached hydrogen (secondary N) is 1. The van der Waals surface area contributed by atoms with Gasteiger partial charge in [0, 0.05) is 24.3 Å². The monoisotopic (exact) mass is 487 g/mol. The summed E-state index contributed by atoms with van der Waals surface area (Å²) in [5.74, 6) is 0.467. The van der Waals surface area contributed by atoms with Crippen LogP contribution in [0.5, 0.6) is 0 Å². The van der Waals surface area contributed by atoms with Gasteiger partial charge in [-0.15, -0.1) is 11.3 Å². The van der Waals surface area contributed by atoms with Crippen molar-refractivity contribution in [2.75, 3.05) is 22.5 Å². The number of carbonyl (C=O) groups excluding carboxylic acids is 2. The molecule has 1 aliphatic rings. The van der Waals surface area contributed by atoms with E-state index >= 15 is 0 Å². The highest BCUT2D eigenvalue weighted by molar-refractivity contribution is 8.01. The predicted molar refractivity (Wildman–Crippen MR) is 141 cm³/mol. The molecule has 0 bridgehead atoms. The number of aryl methyl sites for hydroxylation is 2. The number of anilines is 2. The van der Waals surface area contributed by atoms with E-state index in [1.54, 1.807) is 11.3 Å². The van der Waals surface area contributed by atoms with Crippen LogP contribution in [0.2, 0.25) is 0 Å². The summed E-state index contributed by atoms with van der Waals surface area (Å²) in [6.45, 7) is 0.767. The number of para-hydroxylation sites is 1. The zero-order chi connectivity index (χ0) is 23.3. The van der Waals surface area contributed by atoms with Crippen molar-refractivity contribution in [1.82, 2.24) is 4.98 Å². The summed E-state index contributed by atoms with van der Waals surface area (Å²) in [4.78, 5) is 31.9. The Morgan fingerprint density at radius 2 is 1.85 bits per heavy atom. The molecule has 0 unspecified atom stereocenters. The maximum atomic E-state index is 12.9. The van der Waals surface area contributed by atoms with Crippen LogP contribution < -0.4 is 10.2 Å². The first-order chi connectivity index (χ1) is 16.7. The molecule has 0 aliphatic carbocycles.